The molecular formula is C15H15BrINO. The van der Waals surface area contributed by atoms with Gasteiger partial charge in [-0.2, -0.15) is 0 Å². The molecule has 2 unspecified atom stereocenters. The van der Waals surface area contributed by atoms with E-state index in [2.05, 4.69) is 38.5 Å². The van der Waals surface area contributed by atoms with Crippen LogP contribution in [0, 0.1) is 3.57 Å². The maximum absolute atomic E-state index is 6.07. The van der Waals surface area contributed by atoms with Crippen molar-refractivity contribution in [3.8, 4) is 5.75 Å². The highest BCUT2D eigenvalue weighted by Crippen LogP contribution is 2.29. The Hall–Kier alpha value is -0.590. The normalized spacial score (nSPS) is 13.9. The van der Waals surface area contributed by atoms with E-state index < -0.39 is 0 Å². The van der Waals surface area contributed by atoms with Crippen LogP contribution in [0.1, 0.15) is 18.6 Å². The van der Waals surface area contributed by atoms with E-state index in [9.17, 15) is 0 Å². The summed E-state index contributed by atoms with van der Waals surface area (Å²) in [7, 11) is 0. The Morgan fingerprint density at radius 3 is 2.32 bits per heavy atom. The molecule has 0 fully saturated rings. The second kappa shape index (κ2) is 6.72. The molecule has 2 rings (SSSR count). The monoisotopic (exact) mass is 431 g/mol. The molecule has 0 aromatic heterocycles. The Bertz CT molecular complexity index is 542. The zero-order chi connectivity index (χ0) is 13.8. The fraction of sp³-hybridized carbons (Fsp3) is 0.200. The van der Waals surface area contributed by atoms with Gasteiger partial charge in [0.25, 0.3) is 0 Å². The summed E-state index contributed by atoms with van der Waals surface area (Å²) in [5.41, 5.74) is 7.13. The van der Waals surface area contributed by atoms with Gasteiger partial charge in [-0.05, 0) is 59.8 Å². The molecule has 0 amide bonds. The number of rotatable bonds is 4. The summed E-state index contributed by atoms with van der Waals surface area (Å²) in [5.74, 6) is 0.832. The fourth-order valence-corrected chi connectivity index (χ4v) is 2.69. The van der Waals surface area contributed by atoms with Crippen LogP contribution in [-0.2, 0) is 0 Å². The summed E-state index contributed by atoms with van der Waals surface area (Å²) in [6.07, 6.45) is -0.171. The van der Waals surface area contributed by atoms with Gasteiger partial charge in [0.1, 0.15) is 11.9 Å². The van der Waals surface area contributed by atoms with E-state index >= 15 is 0 Å². The molecular weight excluding hydrogens is 417 g/mol. The van der Waals surface area contributed by atoms with Crippen LogP contribution >= 0.6 is 38.5 Å². The van der Waals surface area contributed by atoms with Gasteiger partial charge in [-0.15, -0.1) is 0 Å². The van der Waals surface area contributed by atoms with Crippen molar-refractivity contribution in [3.63, 3.8) is 0 Å². The molecule has 19 heavy (non-hydrogen) atoms. The van der Waals surface area contributed by atoms with E-state index in [1.54, 1.807) is 0 Å². The largest absolute Gasteiger partial charge is 0.484 e. The van der Waals surface area contributed by atoms with Crippen LogP contribution in [0.3, 0.4) is 0 Å². The molecule has 2 aromatic rings. The minimum atomic E-state index is -0.171. The maximum Gasteiger partial charge on any atom is 0.140 e. The highest BCUT2D eigenvalue weighted by atomic mass is 127. The third-order valence-corrected chi connectivity index (χ3v) is 4.21. The zero-order valence-electron chi connectivity index (χ0n) is 10.5. The van der Waals surface area contributed by atoms with Crippen LogP contribution in [-0.4, -0.2) is 6.04 Å². The first kappa shape index (κ1) is 14.8. The lowest BCUT2D eigenvalue weighted by Crippen LogP contribution is -2.29. The van der Waals surface area contributed by atoms with Gasteiger partial charge in [0.2, 0.25) is 0 Å². The van der Waals surface area contributed by atoms with Gasteiger partial charge in [-0.1, -0.05) is 34.1 Å². The molecule has 0 saturated heterocycles. The van der Waals surface area contributed by atoms with Crippen LogP contribution in [0.4, 0.5) is 0 Å². The molecule has 2 atom stereocenters. The van der Waals surface area contributed by atoms with Crippen molar-refractivity contribution < 1.29 is 4.74 Å². The Labute approximate surface area is 135 Å². The summed E-state index contributed by atoms with van der Waals surface area (Å²) < 4.78 is 8.24. The average molecular weight is 432 g/mol. The maximum atomic E-state index is 6.07. The molecule has 0 spiro atoms. The van der Waals surface area contributed by atoms with E-state index in [1.165, 1.54) is 3.57 Å². The van der Waals surface area contributed by atoms with Crippen LogP contribution in [0.15, 0.2) is 53.0 Å². The van der Waals surface area contributed by atoms with Crippen molar-refractivity contribution in [1.82, 2.24) is 0 Å². The number of hydrogen-bond donors (Lipinski definition) is 1. The standard InChI is InChI=1S/C15H15BrINO/c1-10(18)15(13-4-2-3-5-14(13)16)19-12-8-6-11(17)7-9-12/h2-10,15H,18H2,1H3. The molecule has 0 aliphatic carbocycles. The summed E-state index contributed by atoms with van der Waals surface area (Å²) in [5, 5.41) is 0. The van der Waals surface area contributed by atoms with Crippen molar-refractivity contribution in [1.29, 1.82) is 0 Å². The van der Waals surface area contributed by atoms with Crippen molar-refractivity contribution in [2.24, 2.45) is 5.73 Å². The van der Waals surface area contributed by atoms with Gasteiger partial charge in [-0.3, -0.25) is 0 Å². The molecule has 0 aliphatic rings. The van der Waals surface area contributed by atoms with Crippen LogP contribution in [0.5, 0.6) is 5.75 Å². The van der Waals surface area contributed by atoms with Gasteiger partial charge >= 0.3 is 0 Å². The molecule has 0 bridgehead atoms. The molecule has 2 nitrogen and oxygen atoms in total. The molecule has 0 saturated carbocycles. The third-order valence-electron chi connectivity index (χ3n) is 2.77. The summed E-state index contributed by atoms with van der Waals surface area (Å²) in [6, 6.07) is 15.9. The van der Waals surface area contributed by atoms with Gasteiger partial charge in [-0.25, -0.2) is 0 Å². The van der Waals surface area contributed by atoms with Gasteiger partial charge in [0, 0.05) is 19.6 Å². The SMILES string of the molecule is CC(N)C(Oc1ccc(I)cc1)c1ccccc1Br. The fourth-order valence-electron chi connectivity index (χ4n) is 1.82. The number of ether oxygens (including phenoxy) is 1. The van der Waals surface area contributed by atoms with Crippen LogP contribution in [0.2, 0.25) is 0 Å². The van der Waals surface area contributed by atoms with E-state index in [0.717, 1.165) is 15.8 Å². The minimum absolute atomic E-state index is 0.0991. The Balaban J connectivity index is 2.27. The highest BCUT2D eigenvalue weighted by molar-refractivity contribution is 14.1. The Morgan fingerprint density at radius 1 is 1.11 bits per heavy atom. The van der Waals surface area contributed by atoms with Crippen molar-refractivity contribution in [2.75, 3.05) is 0 Å². The lowest BCUT2D eigenvalue weighted by Gasteiger charge is -2.24. The van der Waals surface area contributed by atoms with Crippen molar-refractivity contribution >= 4 is 38.5 Å². The number of hydrogen-bond acceptors (Lipinski definition) is 2. The zero-order valence-corrected chi connectivity index (χ0v) is 14.3. The smallest absolute Gasteiger partial charge is 0.140 e. The molecule has 2 aromatic carbocycles. The summed E-state index contributed by atoms with van der Waals surface area (Å²) in [4.78, 5) is 0. The first-order chi connectivity index (χ1) is 9.08. The van der Waals surface area contributed by atoms with Gasteiger partial charge in [0.05, 0.1) is 0 Å². The summed E-state index contributed by atoms with van der Waals surface area (Å²) >= 11 is 5.83. The predicted octanol–water partition coefficient (Wildman–Crippen LogP) is 4.52. The second-order valence-corrected chi connectivity index (χ2v) is 6.47. The van der Waals surface area contributed by atoms with E-state index in [0.29, 0.717) is 0 Å². The molecule has 4 heteroatoms. The third kappa shape index (κ3) is 3.94. The summed E-state index contributed by atoms with van der Waals surface area (Å²) in [6.45, 7) is 1.96. The predicted molar refractivity (Wildman–Crippen MR) is 90.3 cm³/mol. The van der Waals surface area contributed by atoms with Crippen molar-refractivity contribution in [2.45, 2.75) is 19.1 Å². The first-order valence-corrected chi connectivity index (χ1v) is 7.87. The van der Waals surface area contributed by atoms with E-state index in [4.69, 9.17) is 10.5 Å². The number of nitrogens with two attached hydrogens (primary N) is 1. The number of halogens is 2. The van der Waals surface area contributed by atoms with E-state index in [-0.39, 0.29) is 12.1 Å². The van der Waals surface area contributed by atoms with Gasteiger partial charge < -0.3 is 10.5 Å². The molecule has 0 heterocycles. The average Bonchev–Trinajstić information content (AvgIpc) is 2.39. The van der Waals surface area contributed by atoms with E-state index in [1.807, 2.05) is 55.5 Å². The minimum Gasteiger partial charge on any atom is -0.484 e. The number of benzene rings is 2. The van der Waals surface area contributed by atoms with Crippen LogP contribution < -0.4 is 10.5 Å². The lowest BCUT2D eigenvalue weighted by molar-refractivity contribution is 0.179. The molecule has 100 valence electrons. The Morgan fingerprint density at radius 2 is 1.74 bits per heavy atom. The Kier molecular flexibility index (Phi) is 5.24. The second-order valence-electron chi connectivity index (χ2n) is 4.37. The van der Waals surface area contributed by atoms with Crippen LogP contribution in [0.25, 0.3) is 0 Å². The quantitative estimate of drug-likeness (QED) is 0.722. The molecule has 2 N–H and O–H groups in total. The lowest BCUT2D eigenvalue weighted by atomic mass is 10.0. The topological polar surface area (TPSA) is 35.2 Å². The highest BCUT2D eigenvalue weighted by Gasteiger charge is 2.20. The van der Waals surface area contributed by atoms with Gasteiger partial charge in [0.15, 0.2) is 0 Å². The van der Waals surface area contributed by atoms with Crippen molar-refractivity contribution in [3.05, 3.63) is 62.1 Å². The molecule has 0 radical (unpaired) electrons. The first-order valence-electron chi connectivity index (χ1n) is 6.00. The molecule has 0 aliphatic heterocycles.